The molecule has 1 fully saturated rings. The molecule has 2 atom stereocenters. The minimum Gasteiger partial charge on any atom is -0.497 e. The van der Waals surface area contributed by atoms with Crippen LogP contribution < -0.4 is 15.4 Å². The number of hydrogen-bond donors (Lipinski definition) is 2. The highest BCUT2D eigenvalue weighted by Crippen LogP contribution is 2.49. The first kappa shape index (κ1) is 19.5. The molecule has 2 aromatic carbocycles. The summed E-state index contributed by atoms with van der Waals surface area (Å²) >= 11 is 0. The molecule has 1 aliphatic rings. The molecular formula is C21H27N3O2. The molecule has 0 aliphatic heterocycles. The molecule has 0 heterocycles. The lowest BCUT2D eigenvalue weighted by Crippen LogP contribution is -2.26. The predicted molar refractivity (Wildman–Crippen MR) is 107 cm³/mol. The topological polar surface area (TPSA) is 62.7 Å². The lowest BCUT2D eigenvalue weighted by Gasteiger charge is -2.07. The number of hydrogen-bond acceptors (Lipinski definition) is 3. The van der Waals surface area contributed by atoms with Gasteiger partial charge < -0.3 is 20.2 Å². The SMILES string of the molecule is CN=C(NC)Nc1ccccc1.COc1ccc(C2CC2CC=O)cc1. The van der Waals surface area contributed by atoms with E-state index in [9.17, 15) is 4.79 Å². The van der Waals surface area contributed by atoms with Crippen LogP contribution in [-0.4, -0.2) is 33.5 Å². The molecule has 26 heavy (non-hydrogen) atoms. The van der Waals surface area contributed by atoms with Gasteiger partial charge in [-0.1, -0.05) is 30.3 Å². The lowest BCUT2D eigenvalue weighted by molar-refractivity contribution is -0.108. The summed E-state index contributed by atoms with van der Waals surface area (Å²) in [6, 6.07) is 18.1. The number of carbonyl (C=O) groups is 1. The summed E-state index contributed by atoms with van der Waals surface area (Å²) in [6.45, 7) is 0. The molecule has 0 radical (unpaired) electrons. The van der Waals surface area contributed by atoms with Gasteiger partial charge in [-0.15, -0.1) is 0 Å². The fraction of sp³-hybridized carbons (Fsp3) is 0.333. The molecule has 0 amide bonds. The number of rotatable bonds is 5. The molecule has 0 spiro atoms. The van der Waals surface area contributed by atoms with Crippen molar-refractivity contribution in [3.8, 4) is 5.75 Å². The number of para-hydroxylation sites is 1. The first-order valence-corrected chi connectivity index (χ1v) is 8.76. The van der Waals surface area contributed by atoms with Gasteiger partial charge in [0.15, 0.2) is 5.96 Å². The highest BCUT2D eigenvalue weighted by molar-refractivity contribution is 5.93. The zero-order valence-electron chi connectivity index (χ0n) is 15.6. The normalized spacial score (nSPS) is 18.2. The number of guanidine groups is 1. The first-order chi connectivity index (χ1) is 12.7. The van der Waals surface area contributed by atoms with Crippen LogP contribution in [0.1, 0.15) is 24.3 Å². The third kappa shape index (κ3) is 5.92. The van der Waals surface area contributed by atoms with Crippen LogP contribution in [-0.2, 0) is 4.79 Å². The third-order valence-electron chi connectivity index (χ3n) is 4.36. The molecule has 1 saturated carbocycles. The van der Waals surface area contributed by atoms with Gasteiger partial charge in [0.25, 0.3) is 0 Å². The quantitative estimate of drug-likeness (QED) is 0.489. The third-order valence-corrected chi connectivity index (χ3v) is 4.36. The molecular weight excluding hydrogens is 326 g/mol. The van der Waals surface area contributed by atoms with Crippen molar-refractivity contribution in [2.24, 2.45) is 10.9 Å². The maximum absolute atomic E-state index is 10.3. The fourth-order valence-corrected chi connectivity index (χ4v) is 2.78. The molecule has 0 aromatic heterocycles. The van der Waals surface area contributed by atoms with Gasteiger partial charge in [-0.05, 0) is 48.1 Å². The van der Waals surface area contributed by atoms with E-state index in [-0.39, 0.29) is 0 Å². The molecule has 1 aliphatic carbocycles. The molecule has 3 rings (SSSR count). The van der Waals surface area contributed by atoms with E-state index in [4.69, 9.17) is 4.74 Å². The number of benzene rings is 2. The number of nitrogens with one attached hydrogen (secondary N) is 2. The van der Waals surface area contributed by atoms with Crippen LogP contribution in [0.25, 0.3) is 0 Å². The molecule has 5 heteroatoms. The van der Waals surface area contributed by atoms with Crippen molar-refractivity contribution >= 4 is 17.9 Å². The minimum absolute atomic E-state index is 0.584. The maximum Gasteiger partial charge on any atom is 0.195 e. The van der Waals surface area contributed by atoms with Crippen LogP contribution in [0.15, 0.2) is 59.6 Å². The number of aliphatic imine (C=N–C) groups is 1. The van der Waals surface area contributed by atoms with E-state index < -0.39 is 0 Å². The van der Waals surface area contributed by atoms with Crippen LogP contribution in [0.5, 0.6) is 5.75 Å². The van der Waals surface area contributed by atoms with Gasteiger partial charge in [-0.3, -0.25) is 4.99 Å². The van der Waals surface area contributed by atoms with E-state index in [1.165, 1.54) is 5.56 Å². The van der Waals surface area contributed by atoms with Crippen molar-refractivity contribution in [2.45, 2.75) is 18.8 Å². The van der Waals surface area contributed by atoms with Crippen LogP contribution in [0.4, 0.5) is 5.69 Å². The number of nitrogens with zero attached hydrogens (tertiary/aromatic N) is 1. The second-order valence-corrected chi connectivity index (χ2v) is 6.09. The van der Waals surface area contributed by atoms with Crippen molar-refractivity contribution in [2.75, 3.05) is 26.5 Å². The molecule has 0 saturated heterocycles. The second-order valence-electron chi connectivity index (χ2n) is 6.09. The monoisotopic (exact) mass is 353 g/mol. The number of anilines is 1. The smallest absolute Gasteiger partial charge is 0.195 e. The molecule has 2 unspecified atom stereocenters. The molecule has 0 bridgehead atoms. The van der Waals surface area contributed by atoms with E-state index >= 15 is 0 Å². The number of carbonyl (C=O) groups excluding carboxylic acids is 1. The fourth-order valence-electron chi connectivity index (χ4n) is 2.78. The Labute approximate surface area is 155 Å². The van der Waals surface area contributed by atoms with Crippen LogP contribution in [0, 0.1) is 5.92 Å². The molecule has 138 valence electrons. The maximum atomic E-state index is 10.3. The summed E-state index contributed by atoms with van der Waals surface area (Å²) < 4.78 is 5.09. The average molecular weight is 353 g/mol. The van der Waals surface area contributed by atoms with Crippen molar-refractivity contribution in [3.63, 3.8) is 0 Å². The Morgan fingerprint density at radius 2 is 1.88 bits per heavy atom. The average Bonchev–Trinajstić information content (AvgIpc) is 3.47. The standard InChI is InChI=1S/C12H14O2.C9H13N3/c1-14-11-4-2-9(3-5-11)12-8-10(12)6-7-13;1-10-9(11-2)12-8-6-4-3-5-7-8/h2-5,7,10,12H,6,8H2,1H3;3-7H,1-2H3,(H2,10,11,12). The summed E-state index contributed by atoms with van der Waals surface area (Å²) in [5.41, 5.74) is 2.37. The van der Waals surface area contributed by atoms with Crippen molar-refractivity contribution in [1.82, 2.24) is 5.32 Å². The van der Waals surface area contributed by atoms with Gasteiger partial charge in [-0.25, -0.2) is 0 Å². The van der Waals surface area contributed by atoms with Crippen molar-refractivity contribution < 1.29 is 9.53 Å². The summed E-state index contributed by atoms with van der Waals surface area (Å²) in [5.74, 6) is 2.84. The van der Waals surface area contributed by atoms with Crippen molar-refractivity contribution in [3.05, 3.63) is 60.2 Å². The summed E-state index contributed by atoms with van der Waals surface area (Å²) in [7, 11) is 5.24. The van der Waals surface area contributed by atoms with Crippen LogP contribution in [0.2, 0.25) is 0 Å². The van der Waals surface area contributed by atoms with E-state index in [0.717, 1.165) is 30.1 Å². The Kier molecular flexibility index (Phi) is 7.68. The Bertz CT molecular complexity index is 699. The highest BCUT2D eigenvalue weighted by atomic mass is 16.5. The largest absolute Gasteiger partial charge is 0.497 e. The predicted octanol–water partition coefficient (Wildman–Crippen LogP) is 3.69. The lowest BCUT2D eigenvalue weighted by atomic mass is 10.1. The van der Waals surface area contributed by atoms with Gasteiger partial charge in [0.2, 0.25) is 0 Å². The molecule has 2 aromatic rings. The van der Waals surface area contributed by atoms with Gasteiger partial charge >= 0.3 is 0 Å². The number of ether oxygens (including phenoxy) is 1. The van der Waals surface area contributed by atoms with Crippen LogP contribution >= 0.6 is 0 Å². The Hall–Kier alpha value is -2.82. The number of methoxy groups -OCH3 is 1. The van der Waals surface area contributed by atoms with Gasteiger partial charge in [-0.2, -0.15) is 0 Å². The zero-order valence-corrected chi connectivity index (χ0v) is 15.6. The Balaban J connectivity index is 0.000000190. The summed E-state index contributed by atoms with van der Waals surface area (Å²) in [4.78, 5) is 14.3. The zero-order chi connectivity index (χ0) is 18.8. The van der Waals surface area contributed by atoms with E-state index in [2.05, 4.69) is 27.8 Å². The van der Waals surface area contributed by atoms with Gasteiger partial charge in [0.05, 0.1) is 7.11 Å². The van der Waals surface area contributed by atoms with Crippen molar-refractivity contribution in [1.29, 1.82) is 0 Å². The van der Waals surface area contributed by atoms with Gasteiger partial charge in [0.1, 0.15) is 12.0 Å². The Morgan fingerprint density at radius 3 is 2.42 bits per heavy atom. The van der Waals surface area contributed by atoms with E-state index in [0.29, 0.717) is 18.3 Å². The van der Waals surface area contributed by atoms with E-state index in [1.807, 2.05) is 49.5 Å². The molecule has 5 nitrogen and oxygen atoms in total. The second kappa shape index (κ2) is 10.2. The summed E-state index contributed by atoms with van der Waals surface area (Å²) in [5, 5.41) is 6.06. The van der Waals surface area contributed by atoms with Gasteiger partial charge in [0, 0.05) is 26.2 Å². The first-order valence-electron chi connectivity index (χ1n) is 8.76. The highest BCUT2D eigenvalue weighted by Gasteiger charge is 2.37. The number of aldehydes is 1. The van der Waals surface area contributed by atoms with Crippen LogP contribution in [0.3, 0.4) is 0 Å². The molecule has 2 N–H and O–H groups in total. The summed E-state index contributed by atoms with van der Waals surface area (Å²) in [6.07, 6.45) is 2.88. The minimum atomic E-state index is 0.584. The Morgan fingerprint density at radius 1 is 1.19 bits per heavy atom. The van der Waals surface area contributed by atoms with E-state index in [1.54, 1.807) is 14.2 Å².